The highest BCUT2D eigenvalue weighted by atomic mass is 32.2. The van der Waals surface area contributed by atoms with E-state index in [0.717, 1.165) is 21.8 Å². The zero-order valence-corrected chi connectivity index (χ0v) is 8.83. The van der Waals surface area contributed by atoms with Crippen LogP contribution in [-0.2, 0) is 0 Å². The molecule has 0 fully saturated rings. The van der Waals surface area contributed by atoms with E-state index in [1.54, 1.807) is 29.2 Å². The molecule has 3 nitrogen and oxygen atoms in total. The molecule has 1 aromatic rings. The second-order valence-electron chi connectivity index (χ2n) is 2.14. The van der Waals surface area contributed by atoms with E-state index in [0.29, 0.717) is 0 Å². The Bertz CT molecular complexity index is 256. The first-order chi connectivity index (χ1) is 6.36. The summed E-state index contributed by atoms with van der Waals surface area (Å²) >= 11 is 3.18. The third kappa shape index (κ3) is 3.61. The molecule has 0 unspecified atom stereocenters. The van der Waals surface area contributed by atoms with Gasteiger partial charge in [-0.1, -0.05) is 35.3 Å². The van der Waals surface area contributed by atoms with Gasteiger partial charge in [0.1, 0.15) is 0 Å². The average molecular weight is 213 g/mol. The molecule has 13 heavy (non-hydrogen) atoms. The Kier molecular flexibility index (Phi) is 4.56. The monoisotopic (exact) mass is 213 g/mol. The number of nitrogens with one attached hydrogen (secondary N) is 1. The molecule has 0 radical (unpaired) electrons. The van der Waals surface area contributed by atoms with Crippen LogP contribution in [0, 0.1) is 0 Å². The van der Waals surface area contributed by atoms with E-state index in [1.165, 1.54) is 0 Å². The molecule has 0 atom stereocenters. The lowest BCUT2D eigenvalue weighted by Crippen LogP contribution is -1.96. The summed E-state index contributed by atoms with van der Waals surface area (Å²) in [4.78, 5) is 0. The third-order valence-corrected chi connectivity index (χ3v) is 3.14. The van der Waals surface area contributed by atoms with Crippen LogP contribution >= 0.6 is 23.1 Å². The van der Waals surface area contributed by atoms with E-state index in [-0.39, 0.29) is 0 Å². The quantitative estimate of drug-likeness (QED) is 0.581. The molecule has 1 heterocycles. The summed E-state index contributed by atoms with van der Waals surface area (Å²) in [5.74, 6) is 0.871. The Hall–Kier alpha value is -0.810. The topological polar surface area (TPSA) is 37.8 Å². The molecule has 5 heteroatoms. The van der Waals surface area contributed by atoms with Gasteiger partial charge in [-0.25, -0.2) is 0 Å². The zero-order chi connectivity index (χ0) is 9.52. The van der Waals surface area contributed by atoms with Crippen molar-refractivity contribution in [3.63, 3.8) is 0 Å². The maximum atomic E-state index is 3.99. The Morgan fingerprint density at radius 1 is 1.38 bits per heavy atom. The molecule has 1 aromatic heterocycles. The van der Waals surface area contributed by atoms with Gasteiger partial charge in [-0.3, -0.25) is 0 Å². The van der Waals surface area contributed by atoms with Crippen LogP contribution in [0.4, 0.5) is 5.13 Å². The van der Waals surface area contributed by atoms with Crippen molar-refractivity contribution in [3.05, 3.63) is 25.3 Å². The van der Waals surface area contributed by atoms with E-state index in [2.05, 4.69) is 28.7 Å². The Balaban J connectivity index is 2.43. The first-order valence-electron chi connectivity index (χ1n) is 3.78. The molecule has 0 bridgehead atoms. The van der Waals surface area contributed by atoms with E-state index in [1.807, 2.05) is 6.08 Å². The van der Waals surface area contributed by atoms with Gasteiger partial charge in [0.2, 0.25) is 5.13 Å². The van der Waals surface area contributed by atoms with Gasteiger partial charge in [-0.2, -0.15) is 0 Å². The number of nitrogens with zero attached hydrogens (tertiary/aromatic N) is 2. The minimum absolute atomic E-state index is 0.723. The second-order valence-corrected chi connectivity index (χ2v) is 4.39. The molecule has 1 rings (SSSR count). The molecular formula is C8H11N3S2. The average Bonchev–Trinajstić information content (AvgIpc) is 2.59. The van der Waals surface area contributed by atoms with Crippen LogP contribution in [0.3, 0.4) is 0 Å². The van der Waals surface area contributed by atoms with Crippen molar-refractivity contribution in [2.24, 2.45) is 0 Å². The molecule has 0 aromatic carbocycles. The molecule has 1 N–H and O–H groups in total. The maximum Gasteiger partial charge on any atom is 0.206 e. The maximum absolute atomic E-state index is 3.99. The van der Waals surface area contributed by atoms with Crippen LogP contribution in [0.2, 0.25) is 0 Å². The van der Waals surface area contributed by atoms with Gasteiger partial charge in [-0.15, -0.1) is 23.4 Å². The van der Waals surface area contributed by atoms with Crippen LogP contribution in [0.5, 0.6) is 0 Å². The normalized spacial score (nSPS) is 9.54. The molecule has 0 aliphatic rings. The summed E-state index contributed by atoms with van der Waals surface area (Å²) in [6.45, 7) is 7.97. The minimum atomic E-state index is 0.723. The van der Waals surface area contributed by atoms with E-state index >= 15 is 0 Å². The molecule has 0 aliphatic carbocycles. The lowest BCUT2D eigenvalue weighted by Gasteiger charge is -1.92. The Labute approximate surface area is 86.0 Å². The van der Waals surface area contributed by atoms with Gasteiger partial charge in [-0.05, 0) is 0 Å². The van der Waals surface area contributed by atoms with E-state index < -0.39 is 0 Å². The number of rotatable bonds is 6. The predicted molar refractivity (Wildman–Crippen MR) is 59.5 cm³/mol. The van der Waals surface area contributed by atoms with Crippen molar-refractivity contribution in [2.75, 3.05) is 17.6 Å². The summed E-state index contributed by atoms with van der Waals surface area (Å²) in [5, 5.41) is 11.9. The first-order valence-corrected chi connectivity index (χ1v) is 5.59. The van der Waals surface area contributed by atoms with Gasteiger partial charge < -0.3 is 5.32 Å². The second kappa shape index (κ2) is 5.77. The lowest BCUT2D eigenvalue weighted by atomic mass is 10.6. The molecular weight excluding hydrogens is 202 g/mol. The summed E-state index contributed by atoms with van der Waals surface area (Å²) in [7, 11) is 0. The zero-order valence-electron chi connectivity index (χ0n) is 7.19. The van der Waals surface area contributed by atoms with Crippen LogP contribution < -0.4 is 5.32 Å². The molecule has 70 valence electrons. The summed E-state index contributed by atoms with van der Waals surface area (Å²) in [6.07, 6.45) is 3.64. The van der Waals surface area contributed by atoms with Crippen molar-refractivity contribution in [1.29, 1.82) is 0 Å². The third-order valence-electron chi connectivity index (χ3n) is 1.13. The number of hydrogen-bond acceptors (Lipinski definition) is 5. The Morgan fingerprint density at radius 2 is 2.23 bits per heavy atom. The van der Waals surface area contributed by atoms with Gasteiger partial charge >= 0.3 is 0 Å². The van der Waals surface area contributed by atoms with Crippen molar-refractivity contribution in [1.82, 2.24) is 10.2 Å². The molecule has 0 amide bonds. The predicted octanol–water partition coefficient (Wildman–Crippen LogP) is 2.41. The van der Waals surface area contributed by atoms with E-state index in [9.17, 15) is 0 Å². The minimum Gasteiger partial charge on any atom is -0.357 e. The molecule has 0 saturated heterocycles. The standard InChI is InChI=1S/C8H11N3S2/c1-3-5-9-7-10-11-8(13-7)12-6-4-2/h3-4H,1-2,5-6H2,(H,9,10). The SMILES string of the molecule is C=CCNc1nnc(SCC=C)s1. The Morgan fingerprint density at radius 3 is 2.92 bits per heavy atom. The van der Waals surface area contributed by atoms with Crippen LogP contribution in [0.15, 0.2) is 29.6 Å². The lowest BCUT2D eigenvalue weighted by molar-refractivity contribution is 1.01. The fraction of sp³-hybridized carbons (Fsp3) is 0.250. The summed E-state index contributed by atoms with van der Waals surface area (Å²) in [5.41, 5.74) is 0. The molecule has 0 saturated carbocycles. The summed E-state index contributed by atoms with van der Waals surface area (Å²) in [6, 6.07) is 0. The largest absolute Gasteiger partial charge is 0.357 e. The highest BCUT2D eigenvalue weighted by Gasteiger charge is 2.01. The van der Waals surface area contributed by atoms with Crippen LogP contribution in [-0.4, -0.2) is 22.5 Å². The number of aromatic nitrogens is 2. The van der Waals surface area contributed by atoms with Crippen molar-refractivity contribution in [2.45, 2.75) is 4.34 Å². The number of thioether (sulfide) groups is 1. The highest BCUT2D eigenvalue weighted by Crippen LogP contribution is 2.24. The number of hydrogen-bond donors (Lipinski definition) is 1. The highest BCUT2D eigenvalue weighted by molar-refractivity contribution is 8.01. The van der Waals surface area contributed by atoms with E-state index in [4.69, 9.17) is 0 Å². The van der Waals surface area contributed by atoms with Gasteiger partial charge in [0.05, 0.1) is 0 Å². The first kappa shape index (κ1) is 10.3. The van der Waals surface area contributed by atoms with Gasteiger partial charge in [0.25, 0.3) is 0 Å². The fourth-order valence-corrected chi connectivity index (χ4v) is 2.15. The fourth-order valence-electron chi connectivity index (χ4n) is 0.629. The van der Waals surface area contributed by atoms with Crippen LogP contribution in [0.25, 0.3) is 0 Å². The van der Waals surface area contributed by atoms with Crippen molar-refractivity contribution >= 4 is 28.2 Å². The van der Waals surface area contributed by atoms with Crippen molar-refractivity contribution < 1.29 is 0 Å². The summed E-state index contributed by atoms with van der Waals surface area (Å²) < 4.78 is 0.964. The van der Waals surface area contributed by atoms with Crippen molar-refractivity contribution in [3.8, 4) is 0 Å². The smallest absolute Gasteiger partial charge is 0.206 e. The number of anilines is 1. The van der Waals surface area contributed by atoms with Gasteiger partial charge in [0, 0.05) is 12.3 Å². The molecule has 0 spiro atoms. The molecule has 0 aliphatic heterocycles. The van der Waals surface area contributed by atoms with Gasteiger partial charge in [0.15, 0.2) is 4.34 Å². The van der Waals surface area contributed by atoms with Crippen LogP contribution in [0.1, 0.15) is 0 Å².